The summed E-state index contributed by atoms with van der Waals surface area (Å²) in [5.41, 5.74) is 1.13. The molecule has 0 saturated carbocycles. The number of fused-ring (bicyclic) bond motifs is 1. The van der Waals surface area contributed by atoms with Gasteiger partial charge < -0.3 is 4.72 Å². The zero-order valence-corrected chi connectivity index (χ0v) is 6.62. The molecule has 0 aromatic rings. The van der Waals surface area contributed by atoms with E-state index in [2.05, 4.69) is 4.72 Å². The average molecular weight is 173 g/mol. The molecule has 0 spiro atoms. The van der Waals surface area contributed by atoms with Crippen LogP contribution in [0.3, 0.4) is 0 Å². The summed E-state index contributed by atoms with van der Waals surface area (Å²) in [7, 11) is 0. The van der Waals surface area contributed by atoms with Gasteiger partial charge in [-0.3, -0.25) is 4.31 Å². The Labute approximate surface area is 68.5 Å². The second-order valence-corrected chi connectivity index (χ2v) is 3.20. The molecule has 4 heteroatoms. The van der Waals surface area contributed by atoms with E-state index >= 15 is 0 Å². The molecule has 0 aromatic carbocycles. The van der Waals surface area contributed by atoms with Gasteiger partial charge in [0, 0.05) is 12.4 Å². The van der Waals surface area contributed by atoms with Crippen molar-refractivity contribution >= 4 is 23.7 Å². The van der Waals surface area contributed by atoms with E-state index in [0.29, 0.717) is 0 Å². The van der Waals surface area contributed by atoms with E-state index in [0.717, 1.165) is 10.7 Å². The topological polar surface area (TPSA) is 15.3 Å². The fourth-order valence-corrected chi connectivity index (χ4v) is 1.69. The first-order valence-electron chi connectivity index (χ1n) is 2.83. The molecule has 0 saturated heterocycles. The van der Waals surface area contributed by atoms with Gasteiger partial charge in [-0.1, -0.05) is 11.6 Å². The third-order valence-electron chi connectivity index (χ3n) is 1.27. The van der Waals surface area contributed by atoms with Crippen molar-refractivity contribution in [1.29, 1.82) is 0 Å². The molecule has 1 N–H and O–H groups in total. The fourth-order valence-electron chi connectivity index (χ4n) is 0.802. The van der Waals surface area contributed by atoms with Gasteiger partial charge in [-0.15, -0.1) is 0 Å². The van der Waals surface area contributed by atoms with Crippen LogP contribution in [0.15, 0.2) is 35.3 Å². The van der Waals surface area contributed by atoms with Gasteiger partial charge in [0.15, 0.2) is 0 Å². The van der Waals surface area contributed by atoms with E-state index in [-0.39, 0.29) is 0 Å². The third-order valence-corrected chi connectivity index (χ3v) is 2.23. The van der Waals surface area contributed by atoms with E-state index in [1.165, 1.54) is 12.1 Å². The summed E-state index contributed by atoms with van der Waals surface area (Å²) in [6, 6.07) is 0. The summed E-state index contributed by atoms with van der Waals surface area (Å²) < 4.78 is 4.99. The highest BCUT2D eigenvalue weighted by Gasteiger charge is 2.14. The number of allylic oxidation sites excluding steroid dienone is 3. The van der Waals surface area contributed by atoms with E-state index in [1.807, 2.05) is 28.9 Å². The molecule has 10 heavy (non-hydrogen) atoms. The van der Waals surface area contributed by atoms with Gasteiger partial charge in [0.1, 0.15) is 0 Å². The van der Waals surface area contributed by atoms with Crippen LogP contribution in [-0.4, -0.2) is 4.31 Å². The SMILES string of the molecule is ClC1=CN2SNC=C2C=C1. The van der Waals surface area contributed by atoms with Gasteiger partial charge in [-0.05, 0) is 12.2 Å². The molecule has 0 aromatic heterocycles. The number of halogens is 1. The minimum absolute atomic E-state index is 0.758. The highest BCUT2D eigenvalue weighted by molar-refractivity contribution is 7.95. The van der Waals surface area contributed by atoms with Crippen molar-refractivity contribution in [3.63, 3.8) is 0 Å². The molecule has 52 valence electrons. The Bertz CT molecular complexity index is 244. The van der Waals surface area contributed by atoms with Crippen LogP contribution in [0.4, 0.5) is 0 Å². The Kier molecular flexibility index (Phi) is 1.39. The molecule has 2 nitrogen and oxygen atoms in total. The Morgan fingerprint density at radius 1 is 1.50 bits per heavy atom. The van der Waals surface area contributed by atoms with Crippen LogP contribution in [0.1, 0.15) is 0 Å². The number of hydrogen-bond acceptors (Lipinski definition) is 3. The zero-order valence-electron chi connectivity index (χ0n) is 5.04. The van der Waals surface area contributed by atoms with Crippen LogP contribution in [0, 0.1) is 0 Å². The van der Waals surface area contributed by atoms with Gasteiger partial charge in [0.25, 0.3) is 0 Å². The van der Waals surface area contributed by atoms with Crippen LogP contribution >= 0.6 is 23.7 Å². The predicted octanol–water partition coefficient (Wildman–Crippen LogP) is 1.95. The second kappa shape index (κ2) is 2.25. The zero-order chi connectivity index (χ0) is 6.97. The van der Waals surface area contributed by atoms with Crippen LogP contribution < -0.4 is 4.72 Å². The molecule has 2 rings (SSSR count). The van der Waals surface area contributed by atoms with Crippen LogP contribution in [0.5, 0.6) is 0 Å². The normalized spacial score (nSPS) is 21.5. The molecule has 0 bridgehead atoms. The lowest BCUT2D eigenvalue weighted by atomic mass is 10.3. The summed E-state index contributed by atoms with van der Waals surface area (Å²) in [5, 5.41) is 0.758. The molecule has 0 aliphatic carbocycles. The molecule has 2 heterocycles. The standard InChI is InChI=1S/C6H5ClN2S/c7-5-1-2-6-3-8-10-9(6)4-5/h1-4,8H. The largest absolute Gasteiger partial charge is 0.316 e. The van der Waals surface area contributed by atoms with Crippen LogP contribution in [0.2, 0.25) is 0 Å². The fraction of sp³-hybridized carbons (Fsp3) is 0. The molecule has 2 aliphatic rings. The van der Waals surface area contributed by atoms with Crippen LogP contribution in [-0.2, 0) is 0 Å². The summed E-state index contributed by atoms with van der Waals surface area (Å²) in [6.45, 7) is 0. The minimum atomic E-state index is 0.758. The second-order valence-electron chi connectivity index (χ2n) is 1.95. The van der Waals surface area contributed by atoms with Gasteiger partial charge in [-0.2, -0.15) is 0 Å². The highest BCUT2D eigenvalue weighted by Crippen LogP contribution is 2.28. The van der Waals surface area contributed by atoms with E-state index in [1.54, 1.807) is 0 Å². The minimum Gasteiger partial charge on any atom is -0.316 e. The van der Waals surface area contributed by atoms with Gasteiger partial charge in [0.2, 0.25) is 0 Å². The smallest absolute Gasteiger partial charge is 0.0726 e. The van der Waals surface area contributed by atoms with Crippen molar-refractivity contribution in [2.45, 2.75) is 0 Å². The Balaban J connectivity index is 2.32. The lowest BCUT2D eigenvalue weighted by Gasteiger charge is -2.14. The molecule has 0 amide bonds. The Hall–Kier alpha value is -0.540. The molecule has 0 unspecified atom stereocenters. The summed E-state index contributed by atoms with van der Waals surface area (Å²) in [4.78, 5) is 0. The monoisotopic (exact) mass is 172 g/mol. The van der Waals surface area contributed by atoms with Crippen molar-refractivity contribution in [2.24, 2.45) is 0 Å². The maximum Gasteiger partial charge on any atom is 0.0726 e. The van der Waals surface area contributed by atoms with E-state index < -0.39 is 0 Å². The van der Waals surface area contributed by atoms with Gasteiger partial charge in [0.05, 0.1) is 22.9 Å². The number of hydrogen-bond donors (Lipinski definition) is 1. The Morgan fingerprint density at radius 2 is 2.40 bits per heavy atom. The van der Waals surface area contributed by atoms with Crippen molar-refractivity contribution in [2.75, 3.05) is 0 Å². The Morgan fingerprint density at radius 3 is 3.30 bits per heavy atom. The molecule has 2 aliphatic heterocycles. The maximum atomic E-state index is 5.75. The molecular weight excluding hydrogens is 168 g/mol. The average Bonchev–Trinajstić information content (AvgIpc) is 2.33. The molecule has 0 radical (unpaired) electrons. The maximum absolute atomic E-state index is 5.75. The summed E-state index contributed by atoms with van der Waals surface area (Å²) in [5.74, 6) is 0. The van der Waals surface area contributed by atoms with Gasteiger partial charge >= 0.3 is 0 Å². The predicted molar refractivity (Wildman–Crippen MR) is 43.7 cm³/mol. The van der Waals surface area contributed by atoms with Crippen molar-refractivity contribution in [1.82, 2.24) is 9.03 Å². The first-order chi connectivity index (χ1) is 4.86. The molecule has 0 fully saturated rings. The highest BCUT2D eigenvalue weighted by atomic mass is 35.5. The quantitative estimate of drug-likeness (QED) is 0.563. The van der Waals surface area contributed by atoms with Crippen molar-refractivity contribution in [3.05, 3.63) is 35.3 Å². The van der Waals surface area contributed by atoms with E-state index in [9.17, 15) is 0 Å². The van der Waals surface area contributed by atoms with Crippen molar-refractivity contribution in [3.8, 4) is 0 Å². The lowest BCUT2D eigenvalue weighted by molar-refractivity contribution is 0.804. The first kappa shape index (κ1) is 6.19. The third kappa shape index (κ3) is 0.914. The summed E-state index contributed by atoms with van der Waals surface area (Å²) in [6.07, 6.45) is 7.64. The van der Waals surface area contributed by atoms with Crippen LogP contribution in [0.25, 0.3) is 0 Å². The summed E-state index contributed by atoms with van der Waals surface area (Å²) >= 11 is 7.26. The van der Waals surface area contributed by atoms with Crippen molar-refractivity contribution < 1.29 is 0 Å². The molecular formula is C6H5ClN2S. The molecule has 0 atom stereocenters. The first-order valence-corrected chi connectivity index (χ1v) is 3.99. The van der Waals surface area contributed by atoms with Gasteiger partial charge in [-0.25, -0.2) is 0 Å². The number of nitrogens with zero attached hydrogens (tertiary/aromatic N) is 1. The number of rotatable bonds is 0. The number of nitrogens with one attached hydrogen (secondary N) is 1. The lowest BCUT2D eigenvalue weighted by Crippen LogP contribution is -2.04. The van der Waals surface area contributed by atoms with E-state index in [4.69, 9.17) is 11.6 Å².